The Morgan fingerprint density at radius 1 is 0.611 bits per heavy atom. The number of carbonyl (C=O) groups is 2. The normalized spacial score (nSPS) is 23.2. The van der Waals surface area contributed by atoms with Gasteiger partial charge in [-0.3, -0.25) is 19.4 Å². The van der Waals surface area contributed by atoms with Crippen molar-refractivity contribution in [2.45, 2.75) is 50.6 Å². The van der Waals surface area contributed by atoms with E-state index in [0.29, 0.717) is 12.8 Å². The second-order valence-electron chi connectivity index (χ2n) is 10.4. The number of nitrogens with zero attached hydrogens (tertiary/aromatic N) is 4. The Balaban J connectivity index is 1.27. The van der Waals surface area contributed by atoms with Gasteiger partial charge in [0.2, 0.25) is 11.8 Å². The first-order chi connectivity index (χ1) is 17.5. The predicted molar refractivity (Wildman–Crippen MR) is 144 cm³/mol. The van der Waals surface area contributed by atoms with E-state index in [1.54, 1.807) is 0 Å². The number of rotatable bonds is 7. The predicted octanol–water partition coefficient (Wildman–Crippen LogP) is 4.36. The van der Waals surface area contributed by atoms with E-state index in [2.05, 4.69) is 82.2 Å². The molecule has 2 amide bonds. The third-order valence-corrected chi connectivity index (χ3v) is 7.86. The van der Waals surface area contributed by atoms with E-state index in [9.17, 15) is 9.59 Å². The molecule has 2 atom stereocenters. The van der Waals surface area contributed by atoms with Gasteiger partial charge >= 0.3 is 0 Å². The van der Waals surface area contributed by atoms with Gasteiger partial charge in [0.25, 0.3) is 0 Å². The van der Waals surface area contributed by atoms with Gasteiger partial charge in [0.1, 0.15) is 0 Å². The maximum absolute atomic E-state index is 13.2. The van der Waals surface area contributed by atoms with Gasteiger partial charge in [-0.1, -0.05) is 60.7 Å². The minimum Gasteiger partial charge on any atom is -0.343 e. The first kappa shape index (κ1) is 26.4. The monoisotopic (exact) mass is 490 g/mol. The van der Waals surface area contributed by atoms with Crippen molar-refractivity contribution < 1.29 is 9.59 Å². The lowest BCUT2D eigenvalue weighted by atomic mass is 10.00. The molecule has 2 aliphatic rings. The minimum absolute atomic E-state index is 0.135. The molecule has 6 nitrogen and oxygen atoms in total. The Labute approximate surface area is 216 Å². The fourth-order valence-electron chi connectivity index (χ4n) is 5.66. The number of hydrogen-bond acceptors (Lipinski definition) is 4. The summed E-state index contributed by atoms with van der Waals surface area (Å²) < 4.78 is 0. The fourth-order valence-corrected chi connectivity index (χ4v) is 5.66. The largest absolute Gasteiger partial charge is 0.343 e. The molecule has 0 bridgehead atoms. The molecule has 0 aliphatic carbocycles. The van der Waals surface area contributed by atoms with Gasteiger partial charge in [0, 0.05) is 64.2 Å². The van der Waals surface area contributed by atoms with Gasteiger partial charge in [-0.05, 0) is 50.9 Å². The van der Waals surface area contributed by atoms with Crippen molar-refractivity contribution >= 4 is 11.8 Å². The van der Waals surface area contributed by atoms with Gasteiger partial charge in [-0.15, -0.1) is 0 Å². The van der Waals surface area contributed by atoms with E-state index in [1.807, 2.05) is 12.1 Å². The maximum Gasteiger partial charge on any atom is 0.224 e. The molecule has 0 radical (unpaired) electrons. The summed E-state index contributed by atoms with van der Waals surface area (Å²) in [5.41, 5.74) is 2.43. The molecule has 0 saturated carbocycles. The summed E-state index contributed by atoms with van der Waals surface area (Å²) in [5.74, 6) is 0.484. The van der Waals surface area contributed by atoms with Crippen LogP contribution in [0.2, 0.25) is 0 Å². The quantitative estimate of drug-likeness (QED) is 0.541. The first-order valence-corrected chi connectivity index (χ1v) is 13.6. The summed E-state index contributed by atoms with van der Waals surface area (Å²) >= 11 is 0. The highest BCUT2D eigenvalue weighted by molar-refractivity contribution is 5.77. The van der Waals surface area contributed by atoms with Crippen LogP contribution in [0, 0.1) is 0 Å². The Kier molecular flexibility index (Phi) is 9.54. The van der Waals surface area contributed by atoms with Crippen molar-refractivity contribution in [3.63, 3.8) is 0 Å². The van der Waals surface area contributed by atoms with E-state index in [4.69, 9.17) is 0 Å². The molecule has 2 aromatic rings. The molecule has 2 saturated heterocycles. The average Bonchev–Trinajstić information content (AvgIpc) is 2.89. The summed E-state index contributed by atoms with van der Waals surface area (Å²) in [5, 5.41) is 0. The lowest BCUT2D eigenvalue weighted by Crippen LogP contribution is -2.42. The van der Waals surface area contributed by atoms with Crippen molar-refractivity contribution in [3.8, 4) is 0 Å². The fraction of sp³-hybridized carbons (Fsp3) is 0.533. The highest BCUT2D eigenvalue weighted by atomic mass is 16.2. The number of benzene rings is 2. The second kappa shape index (κ2) is 13.0. The van der Waals surface area contributed by atoms with Crippen LogP contribution in [0.3, 0.4) is 0 Å². The summed E-state index contributed by atoms with van der Waals surface area (Å²) in [6, 6.07) is 21.0. The van der Waals surface area contributed by atoms with Crippen molar-refractivity contribution in [1.82, 2.24) is 19.6 Å². The topological polar surface area (TPSA) is 47.1 Å². The Hall–Kier alpha value is -2.70. The molecule has 0 aromatic heterocycles. The van der Waals surface area contributed by atoms with Gasteiger partial charge in [0.15, 0.2) is 0 Å². The third kappa shape index (κ3) is 6.95. The summed E-state index contributed by atoms with van der Waals surface area (Å²) in [7, 11) is 4.25. The smallest absolute Gasteiger partial charge is 0.224 e. The zero-order chi connectivity index (χ0) is 25.3. The van der Waals surface area contributed by atoms with Crippen LogP contribution in [0.25, 0.3) is 0 Å². The van der Waals surface area contributed by atoms with Crippen LogP contribution in [0.1, 0.15) is 61.7 Å². The lowest BCUT2D eigenvalue weighted by Gasteiger charge is -2.35. The molecule has 2 fully saturated rings. The molecule has 2 aliphatic heterocycles. The van der Waals surface area contributed by atoms with Gasteiger partial charge < -0.3 is 9.80 Å². The third-order valence-electron chi connectivity index (χ3n) is 7.86. The van der Waals surface area contributed by atoms with Crippen LogP contribution in [0.15, 0.2) is 60.7 Å². The number of unbranched alkanes of at least 4 members (excludes halogenated alkanes) is 1. The van der Waals surface area contributed by atoms with Gasteiger partial charge in [-0.25, -0.2) is 0 Å². The van der Waals surface area contributed by atoms with Crippen LogP contribution in [-0.4, -0.2) is 84.8 Å². The van der Waals surface area contributed by atoms with E-state index < -0.39 is 0 Å². The van der Waals surface area contributed by atoms with Crippen LogP contribution in [-0.2, 0) is 9.59 Å². The summed E-state index contributed by atoms with van der Waals surface area (Å²) in [4.78, 5) is 35.1. The van der Waals surface area contributed by atoms with Crippen molar-refractivity contribution in [1.29, 1.82) is 0 Å². The molecule has 6 heteroatoms. The van der Waals surface area contributed by atoms with E-state index in [0.717, 1.165) is 65.0 Å². The molecule has 0 unspecified atom stereocenters. The van der Waals surface area contributed by atoms with Crippen LogP contribution in [0.4, 0.5) is 0 Å². The number of hydrogen-bond donors (Lipinski definition) is 0. The summed E-state index contributed by atoms with van der Waals surface area (Å²) in [6.45, 7) is 5.17. The van der Waals surface area contributed by atoms with Gasteiger partial charge in [0.05, 0.1) is 0 Å². The standard InChI is InChI=1S/C30H42N4O2/c1-31-17-11-21-33(29(35)23-27(31)25-13-5-3-6-14-25)19-9-10-20-34-22-12-18-32(2)28(24-30(34)36)26-15-7-4-8-16-26/h3-8,13-16,27-28H,9-12,17-24H2,1-2H3/t27-,28-/m0/s1. The van der Waals surface area contributed by atoms with E-state index in [-0.39, 0.29) is 23.9 Å². The Morgan fingerprint density at radius 3 is 1.39 bits per heavy atom. The molecular formula is C30H42N4O2. The first-order valence-electron chi connectivity index (χ1n) is 13.6. The van der Waals surface area contributed by atoms with Crippen molar-refractivity contribution in [3.05, 3.63) is 71.8 Å². The molecule has 2 aromatic carbocycles. The Bertz CT molecular complexity index is 888. The maximum atomic E-state index is 13.2. The van der Waals surface area contributed by atoms with E-state index in [1.165, 1.54) is 11.1 Å². The van der Waals surface area contributed by atoms with Crippen molar-refractivity contribution in [2.24, 2.45) is 0 Å². The molecular weight excluding hydrogens is 448 g/mol. The molecule has 36 heavy (non-hydrogen) atoms. The van der Waals surface area contributed by atoms with Crippen LogP contribution in [0.5, 0.6) is 0 Å². The highest BCUT2D eigenvalue weighted by Gasteiger charge is 2.28. The lowest BCUT2D eigenvalue weighted by molar-refractivity contribution is -0.135. The SMILES string of the molecule is CN1CCCN(CCCCN2CCCN(C)[C@H](c3ccccc3)CC2=O)C(=O)C[C@H]1c1ccccc1. The van der Waals surface area contributed by atoms with Crippen molar-refractivity contribution in [2.75, 3.05) is 53.4 Å². The molecule has 4 rings (SSSR count). The van der Waals surface area contributed by atoms with E-state index >= 15 is 0 Å². The molecule has 194 valence electrons. The molecule has 2 heterocycles. The zero-order valence-corrected chi connectivity index (χ0v) is 22.0. The second-order valence-corrected chi connectivity index (χ2v) is 10.4. The average molecular weight is 491 g/mol. The van der Waals surface area contributed by atoms with Gasteiger partial charge in [-0.2, -0.15) is 0 Å². The van der Waals surface area contributed by atoms with Crippen LogP contribution >= 0.6 is 0 Å². The summed E-state index contributed by atoms with van der Waals surface area (Å²) in [6.07, 6.45) is 4.90. The van der Waals surface area contributed by atoms with Crippen LogP contribution < -0.4 is 0 Å². The highest BCUT2D eigenvalue weighted by Crippen LogP contribution is 2.27. The number of amides is 2. The number of carbonyl (C=O) groups excluding carboxylic acids is 2. The minimum atomic E-state index is 0.135. The molecule has 0 spiro atoms. The zero-order valence-electron chi connectivity index (χ0n) is 22.0. The molecule has 0 N–H and O–H groups in total. The Morgan fingerprint density at radius 2 is 1.00 bits per heavy atom.